The zero-order chi connectivity index (χ0) is 89.8. The van der Waals surface area contributed by atoms with E-state index in [2.05, 4.69) is 96.0 Å². The number of hydrogen-bond donors (Lipinski definition) is 3. The van der Waals surface area contributed by atoms with Gasteiger partial charge in [0.2, 0.25) is 11.0 Å². The Morgan fingerprint density at radius 3 is 1.08 bits per heavy atom. The minimum atomic E-state index is -1.09. The SMILES string of the molecule is C1CSC(C2CC2)SC1.CCC(CC)CCC(=O)Cn1cccc(CC(=O)[C@H](CCC(=O)C(=O)C2CC2)NC(=O)c2cncn2C)c1=O.CCC(CC)CCC(=O)Cn1cccc(CC(=O)[C@H](CCC(=O)Cl)NC(=O)c2cncn2C)c1=O.CCC(CC)CCC(=O)Cn1cccc(CC(=O)[C@H](CCC(=O)OC(C)(C)C)NC(=O)c2cncn2C)c1=O. The number of Topliss-reactive ketones (excluding diaryl/α,β-unsaturated/α-hetero) is 8. The highest BCUT2D eigenvalue weighted by Gasteiger charge is 2.36. The second-order valence-corrected chi connectivity index (χ2v) is 36.0. The summed E-state index contributed by atoms with van der Waals surface area (Å²) in [5.74, 6) is 0.632. The largest absolute Gasteiger partial charge is 0.460 e. The monoisotopic (exact) mass is 1740 g/mol. The predicted octanol–water partition coefficient (Wildman–Crippen LogP) is 11.4. The Morgan fingerprint density at radius 1 is 0.467 bits per heavy atom. The quantitative estimate of drug-likeness (QED) is 0.0181. The van der Waals surface area contributed by atoms with Crippen molar-refractivity contribution in [2.24, 2.45) is 50.7 Å². The van der Waals surface area contributed by atoms with Crippen molar-refractivity contribution in [1.82, 2.24) is 58.3 Å². The van der Waals surface area contributed by atoms with Gasteiger partial charge >= 0.3 is 5.97 Å². The Hall–Kier alpha value is -9.62. The lowest BCUT2D eigenvalue weighted by atomic mass is 9.96. The van der Waals surface area contributed by atoms with E-state index in [1.807, 2.05) is 0 Å². The summed E-state index contributed by atoms with van der Waals surface area (Å²) in [4.78, 5) is 214. The molecule has 3 fully saturated rings. The van der Waals surface area contributed by atoms with Crippen molar-refractivity contribution in [2.45, 2.75) is 277 Å². The van der Waals surface area contributed by atoms with Crippen molar-refractivity contribution in [1.29, 1.82) is 0 Å². The highest BCUT2D eigenvalue weighted by molar-refractivity contribution is 8.17. The van der Waals surface area contributed by atoms with Gasteiger partial charge in [0.1, 0.15) is 22.7 Å². The van der Waals surface area contributed by atoms with Gasteiger partial charge in [-0.25, -0.2) is 15.0 Å². The standard InChI is InChI=1S/C29H38N4O6.C29H42N4O6.C25H33ClN4O5.C7H12S2/c1-4-19(5-2)8-11-22(34)17-33-14-6-7-21(29(33)39)15-26(36)23(12-13-25(35)27(37)20-9-10-20)31-28(38)24-16-30-18-32(24)3;1-7-20(8-2)11-12-22(34)18-33-15-9-10-21(28(33)38)16-25(35)23(13-14-26(36)39-29(3,4)5)31-27(37)24-17-30-19-32(24)6;1-4-17(5-2)8-9-19(31)15-30-12-6-7-18(25(30)35)13-22(32)20(10-11-23(26)33)28-24(34)21-14-27-16-29(21)3;1-4-8-7(9-5-1)6-2-3-6/h6-7,14,16,18-20,23H,4-5,8-13,15,17H2,1-3H3,(H,31,38);9-10,15,17,19-20,23H,7-8,11-14,16,18H2,1-6H3,(H,31,37);6-7,12,14,16-17,20H,4-5,8-11,13,15H2,1-3H3,(H,28,34);6-7H,1-5H2/t2*23-;20-;/m000./s1. The number of halogens is 1. The average Bonchev–Trinajstić information content (AvgIpc) is 1.41. The summed E-state index contributed by atoms with van der Waals surface area (Å²) in [6.45, 7) is 17.6. The molecule has 29 nitrogen and oxygen atoms in total. The Bertz CT molecular complexity index is 4720. The molecular weight excluding hydrogens is 1620 g/mol. The Balaban J connectivity index is 0.000000268. The molecule has 1 saturated heterocycles. The number of carbonyl (C=O) groups is 13. The number of nitrogens with one attached hydrogen (secondary N) is 3. The van der Waals surface area contributed by atoms with Gasteiger partial charge in [0.25, 0.3) is 34.4 Å². The van der Waals surface area contributed by atoms with Gasteiger partial charge in [-0.2, -0.15) is 0 Å². The van der Waals surface area contributed by atoms with Crippen LogP contribution >= 0.6 is 35.1 Å². The number of hydrogen-bond acceptors (Lipinski definition) is 22. The van der Waals surface area contributed by atoms with E-state index in [-0.39, 0.29) is 134 Å². The van der Waals surface area contributed by atoms with Crippen LogP contribution in [-0.2, 0) is 113 Å². The van der Waals surface area contributed by atoms with Gasteiger partial charge in [0, 0.05) is 120 Å². The average molecular weight is 1750 g/mol. The molecule has 2 aliphatic carbocycles. The molecule has 3 amide bonds. The molecule has 0 radical (unpaired) electrons. The van der Waals surface area contributed by atoms with E-state index in [4.69, 9.17) is 16.3 Å². The van der Waals surface area contributed by atoms with E-state index in [0.717, 1.165) is 68.3 Å². The van der Waals surface area contributed by atoms with Gasteiger partial charge < -0.3 is 48.1 Å². The Morgan fingerprint density at radius 2 is 0.795 bits per heavy atom. The van der Waals surface area contributed by atoms with E-state index < -0.39 is 98.3 Å². The summed E-state index contributed by atoms with van der Waals surface area (Å²) in [7, 11) is 4.92. The van der Waals surface area contributed by atoms with Crippen LogP contribution in [0.1, 0.15) is 258 Å². The molecule has 6 aromatic heterocycles. The van der Waals surface area contributed by atoms with Crippen molar-refractivity contribution < 1.29 is 67.1 Å². The van der Waals surface area contributed by atoms with Crippen molar-refractivity contribution in [3.8, 4) is 0 Å². The fraction of sp³-hybridized carbons (Fsp3) is 0.589. The molecule has 2 saturated carbocycles. The van der Waals surface area contributed by atoms with Gasteiger partial charge in [-0.15, -0.1) is 23.5 Å². The molecule has 3 atom stereocenters. The molecule has 3 N–H and O–H groups in total. The van der Waals surface area contributed by atoms with Crippen molar-refractivity contribution >= 4 is 110 Å². The number of carbonyl (C=O) groups excluding carboxylic acids is 13. The van der Waals surface area contributed by atoms with Crippen LogP contribution in [0.4, 0.5) is 0 Å². The zero-order valence-corrected chi connectivity index (χ0v) is 75.3. The Kier molecular flexibility index (Phi) is 42.7. The number of ether oxygens (including phenoxy) is 1. The smallest absolute Gasteiger partial charge is 0.306 e. The molecule has 666 valence electrons. The third-order valence-electron chi connectivity index (χ3n) is 22.0. The lowest BCUT2D eigenvalue weighted by molar-refractivity contribution is -0.155. The maximum absolute atomic E-state index is 13.3. The molecule has 9 rings (SSSR count). The summed E-state index contributed by atoms with van der Waals surface area (Å²) in [6.07, 6.45) is 27.2. The minimum Gasteiger partial charge on any atom is -0.460 e. The molecular formula is C90H125ClN12O17S2. The molecule has 7 heterocycles. The van der Waals surface area contributed by atoms with Gasteiger partial charge in [0.05, 0.1) is 79.9 Å². The van der Waals surface area contributed by atoms with E-state index in [0.29, 0.717) is 49.9 Å². The van der Waals surface area contributed by atoms with E-state index in [1.54, 1.807) is 66.2 Å². The first-order valence-corrected chi connectivity index (χ1v) is 45.3. The normalized spacial score (nSPS) is 14.0. The lowest BCUT2D eigenvalue weighted by Crippen LogP contribution is -2.43. The summed E-state index contributed by atoms with van der Waals surface area (Å²) >= 11 is 9.84. The maximum Gasteiger partial charge on any atom is 0.306 e. The van der Waals surface area contributed by atoms with Crippen LogP contribution in [0, 0.1) is 29.6 Å². The van der Waals surface area contributed by atoms with Gasteiger partial charge in [0.15, 0.2) is 40.5 Å². The van der Waals surface area contributed by atoms with Gasteiger partial charge in [-0.3, -0.25) is 76.7 Å². The minimum absolute atomic E-state index is 0.000290. The van der Waals surface area contributed by atoms with Crippen LogP contribution in [0.5, 0.6) is 0 Å². The van der Waals surface area contributed by atoms with Crippen LogP contribution in [0.3, 0.4) is 0 Å². The third-order valence-corrected chi connectivity index (χ3v) is 25.5. The highest BCUT2D eigenvalue weighted by Crippen LogP contribution is 2.47. The predicted molar refractivity (Wildman–Crippen MR) is 470 cm³/mol. The molecule has 0 aromatic carbocycles. The molecule has 3 aliphatic rings. The zero-order valence-electron chi connectivity index (χ0n) is 72.9. The van der Waals surface area contributed by atoms with E-state index in [9.17, 15) is 76.7 Å². The number of esters is 1. The number of ketones is 8. The number of aryl methyl sites for hydroxylation is 3. The van der Waals surface area contributed by atoms with Crippen LogP contribution in [0.2, 0.25) is 0 Å². The van der Waals surface area contributed by atoms with E-state index >= 15 is 0 Å². The van der Waals surface area contributed by atoms with Crippen molar-refractivity contribution in [3.63, 3.8) is 0 Å². The molecule has 6 aromatic rings. The molecule has 32 heteroatoms. The molecule has 0 unspecified atom stereocenters. The van der Waals surface area contributed by atoms with Crippen molar-refractivity contribution in [3.05, 3.63) is 157 Å². The fourth-order valence-electron chi connectivity index (χ4n) is 13.9. The number of pyridine rings is 3. The lowest BCUT2D eigenvalue weighted by Gasteiger charge is -2.21. The summed E-state index contributed by atoms with van der Waals surface area (Å²) in [6, 6.07) is 6.30. The van der Waals surface area contributed by atoms with Crippen LogP contribution < -0.4 is 32.6 Å². The molecule has 122 heavy (non-hydrogen) atoms. The number of thioether (sulfide) groups is 2. The third kappa shape index (κ3) is 34.6. The number of nitrogens with zero attached hydrogens (tertiary/aromatic N) is 9. The molecule has 1 aliphatic heterocycles. The summed E-state index contributed by atoms with van der Waals surface area (Å²) in [5, 5.41) is 7.32. The maximum atomic E-state index is 13.3. The number of rotatable bonds is 48. The molecule has 0 spiro atoms. The first-order valence-electron chi connectivity index (χ1n) is 42.8. The van der Waals surface area contributed by atoms with Gasteiger partial charge in [-0.1, -0.05) is 98.3 Å². The first-order chi connectivity index (χ1) is 58.1. The number of amides is 3. The van der Waals surface area contributed by atoms with Crippen LogP contribution in [0.25, 0.3) is 0 Å². The second-order valence-electron chi connectivity index (χ2n) is 32.8. The highest BCUT2D eigenvalue weighted by atomic mass is 35.5. The molecule has 0 bridgehead atoms. The van der Waals surface area contributed by atoms with Gasteiger partial charge in [-0.05, 0) is 156 Å². The fourth-order valence-corrected chi connectivity index (χ4v) is 17.3. The number of aromatic nitrogens is 9. The first kappa shape index (κ1) is 101. The van der Waals surface area contributed by atoms with Crippen LogP contribution in [-0.4, -0.2) is 157 Å². The number of imidazole rings is 3. The van der Waals surface area contributed by atoms with E-state index in [1.165, 1.54) is 126 Å². The summed E-state index contributed by atoms with van der Waals surface area (Å²) in [5.41, 5.74) is -0.652. The topological polar surface area (TPSA) is 387 Å². The second kappa shape index (κ2) is 51.5. The van der Waals surface area contributed by atoms with Crippen LogP contribution in [0.15, 0.2) is 107 Å². The summed E-state index contributed by atoms with van der Waals surface area (Å²) < 4.78 is 14.8. The Labute approximate surface area is 728 Å². The van der Waals surface area contributed by atoms with Crippen molar-refractivity contribution in [2.75, 3.05) is 11.5 Å².